The second kappa shape index (κ2) is 8.86. The van der Waals surface area contributed by atoms with Crippen molar-refractivity contribution in [1.82, 2.24) is 10.3 Å². The fourth-order valence-electron chi connectivity index (χ4n) is 3.22. The molecule has 1 aliphatic rings. The fraction of sp³-hybridized carbons (Fsp3) is 0.400. The van der Waals surface area contributed by atoms with Crippen LogP contribution in [-0.2, 0) is 6.42 Å². The maximum Gasteiger partial charge on any atom is 0.253 e. The van der Waals surface area contributed by atoms with E-state index in [2.05, 4.69) is 21.7 Å². The lowest BCUT2D eigenvalue weighted by Gasteiger charge is -2.22. The summed E-state index contributed by atoms with van der Waals surface area (Å²) in [5, 5.41) is 7.21. The lowest BCUT2D eigenvalue weighted by Crippen LogP contribution is -2.36. The molecule has 4 nitrogen and oxygen atoms in total. The van der Waals surface area contributed by atoms with Crippen molar-refractivity contribution in [3.8, 4) is 0 Å². The third kappa shape index (κ3) is 5.46. The first-order chi connectivity index (χ1) is 12.2. The van der Waals surface area contributed by atoms with Crippen molar-refractivity contribution < 1.29 is 4.79 Å². The molecule has 2 aromatic rings. The summed E-state index contributed by atoms with van der Waals surface area (Å²) in [4.78, 5) is 16.6. The molecule has 0 atom stereocenters. The van der Waals surface area contributed by atoms with Crippen LogP contribution in [0.3, 0.4) is 0 Å². The molecule has 2 N–H and O–H groups in total. The first-order valence-electron chi connectivity index (χ1n) is 8.95. The number of nitrogens with zero attached hydrogens (tertiary/aromatic N) is 1. The van der Waals surface area contributed by atoms with Crippen LogP contribution in [-0.4, -0.2) is 23.5 Å². The number of carbonyl (C=O) groups is 1. The van der Waals surface area contributed by atoms with Gasteiger partial charge in [0.2, 0.25) is 0 Å². The van der Waals surface area contributed by atoms with Crippen LogP contribution in [0.5, 0.6) is 0 Å². The molecule has 1 saturated carbocycles. The van der Waals surface area contributed by atoms with Crippen LogP contribution in [0.4, 0.5) is 5.69 Å². The summed E-state index contributed by atoms with van der Waals surface area (Å²) in [6, 6.07) is 10.0. The van der Waals surface area contributed by atoms with Gasteiger partial charge in [0.05, 0.1) is 11.3 Å². The molecule has 0 spiro atoms. The summed E-state index contributed by atoms with van der Waals surface area (Å²) in [5.41, 5.74) is 2.65. The first kappa shape index (κ1) is 17.7. The van der Waals surface area contributed by atoms with Gasteiger partial charge in [-0.3, -0.25) is 9.78 Å². The van der Waals surface area contributed by atoms with Crippen LogP contribution in [0, 0.1) is 0 Å². The van der Waals surface area contributed by atoms with Gasteiger partial charge >= 0.3 is 0 Å². The number of hydrogen-bond acceptors (Lipinski definition) is 3. The lowest BCUT2D eigenvalue weighted by atomic mass is 9.95. The highest BCUT2D eigenvalue weighted by atomic mass is 35.5. The number of carbonyl (C=O) groups excluding carboxylic acids is 1. The van der Waals surface area contributed by atoms with E-state index in [9.17, 15) is 4.79 Å². The average molecular weight is 358 g/mol. The molecule has 1 heterocycles. The Bertz CT molecular complexity index is 714. The summed E-state index contributed by atoms with van der Waals surface area (Å²) in [5.74, 6) is -0.0297. The van der Waals surface area contributed by atoms with Crippen molar-refractivity contribution >= 4 is 23.2 Å². The molecule has 5 heteroatoms. The quantitative estimate of drug-likeness (QED) is 0.802. The number of nitrogens with one attached hydrogen (secondary N) is 2. The molecule has 3 rings (SSSR count). The predicted molar refractivity (Wildman–Crippen MR) is 102 cm³/mol. The van der Waals surface area contributed by atoms with Crippen LogP contribution in [0.1, 0.15) is 48.0 Å². The smallest absolute Gasteiger partial charge is 0.253 e. The third-order valence-electron chi connectivity index (χ3n) is 4.57. The molecule has 0 unspecified atom stereocenters. The number of halogens is 1. The van der Waals surface area contributed by atoms with Gasteiger partial charge in [0, 0.05) is 30.0 Å². The number of hydrogen-bond donors (Lipinski definition) is 2. The SMILES string of the molecule is O=C(NC1CCCCC1)c1cncc(NCCc2cccc(Cl)c2)c1. The molecular formula is C20H24ClN3O. The molecule has 132 valence electrons. The van der Waals surface area contributed by atoms with Gasteiger partial charge < -0.3 is 10.6 Å². The monoisotopic (exact) mass is 357 g/mol. The maximum absolute atomic E-state index is 12.4. The molecule has 1 amide bonds. The van der Waals surface area contributed by atoms with Gasteiger partial charge in [-0.15, -0.1) is 0 Å². The molecular weight excluding hydrogens is 334 g/mol. The van der Waals surface area contributed by atoms with Gasteiger partial charge in [-0.2, -0.15) is 0 Å². The van der Waals surface area contributed by atoms with E-state index < -0.39 is 0 Å². The van der Waals surface area contributed by atoms with Crippen molar-refractivity contribution in [1.29, 1.82) is 0 Å². The zero-order valence-corrected chi connectivity index (χ0v) is 15.1. The van der Waals surface area contributed by atoms with E-state index in [0.29, 0.717) is 11.6 Å². The van der Waals surface area contributed by atoms with Crippen LogP contribution < -0.4 is 10.6 Å². The minimum atomic E-state index is -0.0297. The van der Waals surface area contributed by atoms with Crippen LogP contribution in [0.15, 0.2) is 42.7 Å². The minimum Gasteiger partial charge on any atom is -0.383 e. The van der Waals surface area contributed by atoms with Crippen LogP contribution in [0.2, 0.25) is 5.02 Å². The van der Waals surface area contributed by atoms with E-state index in [4.69, 9.17) is 11.6 Å². The largest absolute Gasteiger partial charge is 0.383 e. The number of amides is 1. The molecule has 25 heavy (non-hydrogen) atoms. The number of aromatic nitrogens is 1. The molecule has 0 bridgehead atoms. The number of anilines is 1. The molecule has 1 aromatic heterocycles. The fourth-order valence-corrected chi connectivity index (χ4v) is 3.43. The van der Waals surface area contributed by atoms with Crippen molar-refractivity contribution in [2.45, 2.75) is 44.6 Å². The topological polar surface area (TPSA) is 54.0 Å². The summed E-state index contributed by atoms with van der Waals surface area (Å²) in [6.07, 6.45) is 10.1. The van der Waals surface area contributed by atoms with Gasteiger partial charge in [0.1, 0.15) is 0 Å². The normalized spacial score (nSPS) is 14.9. The van der Waals surface area contributed by atoms with E-state index in [1.54, 1.807) is 12.4 Å². The summed E-state index contributed by atoms with van der Waals surface area (Å²) in [6.45, 7) is 0.760. The van der Waals surface area contributed by atoms with Crippen LogP contribution >= 0.6 is 11.6 Å². The van der Waals surface area contributed by atoms with Crippen molar-refractivity contribution in [2.24, 2.45) is 0 Å². The standard InChI is InChI=1S/C20H24ClN3O/c21-17-6-4-5-15(11-17)9-10-23-19-12-16(13-22-14-19)20(25)24-18-7-2-1-3-8-18/h4-6,11-14,18,23H,1-3,7-10H2,(H,24,25). The number of rotatable bonds is 6. The summed E-state index contributed by atoms with van der Waals surface area (Å²) < 4.78 is 0. The molecule has 0 aliphatic heterocycles. The van der Waals surface area contributed by atoms with E-state index in [-0.39, 0.29) is 5.91 Å². The zero-order chi connectivity index (χ0) is 17.5. The minimum absolute atomic E-state index is 0.0297. The van der Waals surface area contributed by atoms with E-state index >= 15 is 0 Å². The van der Waals surface area contributed by atoms with Gasteiger partial charge in [0.25, 0.3) is 5.91 Å². The highest BCUT2D eigenvalue weighted by Crippen LogP contribution is 2.18. The third-order valence-corrected chi connectivity index (χ3v) is 4.81. The van der Waals surface area contributed by atoms with E-state index in [0.717, 1.165) is 36.5 Å². The van der Waals surface area contributed by atoms with Crippen LogP contribution in [0.25, 0.3) is 0 Å². The number of pyridine rings is 1. The van der Waals surface area contributed by atoms with E-state index in [1.807, 2.05) is 24.3 Å². The molecule has 0 saturated heterocycles. The highest BCUT2D eigenvalue weighted by Gasteiger charge is 2.16. The molecule has 1 aromatic carbocycles. The van der Waals surface area contributed by atoms with E-state index in [1.165, 1.54) is 24.8 Å². The highest BCUT2D eigenvalue weighted by molar-refractivity contribution is 6.30. The summed E-state index contributed by atoms with van der Waals surface area (Å²) >= 11 is 6.00. The average Bonchev–Trinajstić information content (AvgIpc) is 2.63. The Kier molecular flexibility index (Phi) is 6.29. The molecule has 1 aliphatic carbocycles. The Morgan fingerprint density at radius 3 is 2.80 bits per heavy atom. The van der Waals surface area contributed by atoms with Gasteiger partial charge in [0.15, 0.2) is 0 Å². The second-order valence-corrected chi connectivity index (χ2v) is 7.01. The van der Waals surface area contributed by atoms with Gasteiger partial charge in [-0.05, 0) is 43.0 Å². The Labute approximate surface area is 154 Å². The molecule has 1 fully saturated rings. The molecule has 0 radical (unpaired) electrons. The Hall–Kier alpha value is -2.07. The Morgan fingerprint density at radius 1 is 1.16 bits per heavy atom. The predicted octanol–water partition coefficient (Wildman–Crippen LogP) is 4.45. The van der Waals surface area contributed by atoms with Gasteiger partial charge in [-0.1, -0.05) is 43.0 Å². The lowest BCUT2D eigenvalue weighted by molar-refractivity contribution is 0.0927. The second-order valence-electron chi connectivity index (χ2n) is 6.58. The Morgan fingerprint density at radius 2 is 2.00 bits per heavy atom. The zero-order valence-electron chi connectivity index (χ0n) is 14.3. The van der Waals surface area contributed by atoms with Crippen molar-refractivity contribution in [3.63, 3.8) is 0 Å². The van der Waals surface area contributed by atoms with Gasteiger partial charge in [-0.25, -0.2) is 0 Å². The van der Waals surface area contributed by atoms with Crippen molar-refractivity contribution in [3.05, 3.63) is 58.9 Å². The first-order valence-corrected chi connectivity index (χ1v) is 9.33. The summed E-state index contributed by atoms with van der Waals surface area (Å²) in [7, 11) is 0. The maximum atomic E-state index is 12.4. The van der Waals surface area contributed by atoms with Crippen molar-refractivity contribution in [2.75, 3.05) is 11.9 Å². The Balaban J connectivity index is 1.52. The number of benzene rings is 1.